The van der Waals surface area contributed by atoms with Crippen LogP contribution in [0.2, 0.25) is 0 Å². The van der Waals surface area contributed by atoms with Gasteiger partial charge in [0.15, 0.2) is 0 Å². The third-order valence-electron chi connectivity index (χ3n) is 7.63. The summed E-state index contributed by atoms with van der Waals surface area (Å²) in [7, 11) is 0. The van der Waals surface area contributed by atoms with Gasteiger partial charge in [-0.3, -0.25) is 9.59 Å². The number of para-hydroxylation sites is 1. The lowest BCUT2D eigenvalue weighted by Gasteiger charge is -2.41. The summed E-state index contributed by atoms with van der Waals surface area (Å²) in [6.45, 7) is 6.66. The maximum absolute atomic E-state index is 13.9. The number of hydrogen-bond acceptors (Lipinski definition) is 2. The van der Waals surface area contributed by atoms with E-state index in [1.165, 1.54) is 12.8 Å². The lowest BCUT2D eigenvalue weighted by atomic mass is 9.74. The van der Waals surface area contributed by atoms with Gasteiger partial charge in [0, 0.05) is 17.8 Å². The molecule has 4 atom stereocenters. The van der Waals surface area contributed by atoms with Crippen molar-refractivity contribution in [3.05, 3.63) is 41.5 Å². The van der Waals surface area contributed by atoms with Crippen molar-refractivity contribution >= 4 is 17.5 Å². The molecule has 1 N–H and O–H groups in total. The first kappa shape index (κ1) is 18.9. The molecule has 1 aliphatic heterocycles. The van der Waals surface area contributed by atoms with Gasteiger partial charge >= 0.3 is 0 Å². The summed E-state index contributed by atoms with van der Waals surface area (Å²) < 4.78 is 0. The number of allylic oxidation sites excluding steroid dienone is 2. The van der Waals surface area contributed by atoms with Crippen LogP contribution in [0.15, 0.2) is 35.9 Å². The zero-order valence-corrected chi connectivity index (χ0v) is 17.8. The molecule has 0 spiro atoms. The van der Waals surface area contributed by atoms with E-state index in [1.807, 2.05) is 49.9 Å². The molecule has 154 valence electrons. The van der Waals surface area contributed by atoms with Crippen LogP contribution in [0.5, 0.6) is 0 Å². The van der Waals surface area contributed by atoms with Gasteiger partial charge in [0.25, 0.3) is 0 Å². The van der Waals surface area contributed by atoms with Gasteiger partial charge in [-0.25, -0.2) is 0 Å². The van der Waals surface area contributed by atoms with Crippen molar-refractivity contribution in [1.29, 1.82) is 0 Å². The Morgan fingerprint density at radius 3 is 2.72 bits per heavy atom. The lowest BCUT2D eigenvalue weighted by Crippen LogP contribution is -2.49. The van der Waals surface area contributed by atoms with E-state index in [1.54, 1.807) is 5.57 Å². The summed E-state index contributed by atoms with van der Waals surface area (Å²) >= 11 is 0. The van der Waals surface area contributed by atoms with E-state index in [9.17, 15) is 9.59 Å². The Balaban J connectivity index is 1.44. The first-order chi connectivity index (χ1) is 13.8. The summed E-state index contributed by atoms with van der Waals surface area (Å²) in [6, 6.07) is 8.03. The van der Waals surface area contributed by atoms with Gasteiger partial charge < -0.3 is 10.2 Å². The topological polar surface area (TPSA) is 49.4 Å². The molecule has 3 aliphatic carbocycles. The summed E-state index contributed by atoms with van der Waals surface area (Å²) in [6.07, 6.45) is 8.57. The van der Waals surface area contributed by atoms with E-state index in [0.717, 1.165) is 30.5 Å². The van der Waals surface area contributed by atoms with E-state index in [-0.39, 0.29) is 22.8 Å². The number of fused-ring (bicyclic) bond motifs is 2. The monoisotopic (exact) mass is 392 g/mol. The summed E-state index contributed by atoms with van der Waals surface area (Å²) in [5.41, 5.74) is 3.09. The number of amides is 2. The fourth-order valence-electron chi connectivity index (χ4n) is 6.39. The molecule has 2 saturated carbocycles. The van der Waals surface area contributed by atoms with Crippen molar-refractivity contribution in [3.63, 3.8) is 0 Å². The lowest BCUT2D eigenvalue weighted by molar-refractivity contribution is -0.129. The standard InChI is InChI=1S/C25H32N2O2/c1-24(2,3)26-22(28)19-11-13-27(21-7-5-4-6-18(19)21)23(29)25-12-10-16-8-9-17(14-25)20(16)15-25/h4-7,10,17,19-20H,8-9,11-15H2,1-3H3,(H,26,28). The maximum Gasteiger partial charge on any atom is 0.233 e. The van der Waals surface area contributed by atoms with Gasteiger partial charge in [0.2, 0.25) is 11.8 Å². The number of hydrogen-bond donors (Lipinski definition) is 1. The van der Waals surface area contributed by atoms with E-state index >= 15 is 0 Å². The van der Waals surface area contributed by atoms with Crippen LogP contribution >= 0.6 is 0 Å². The smallest absolute Gasteiger partial charge is 0.233 e. The molecule has 0 radical (unpaired) electrons. The molecule has 4 unspecified atom stereocenters. The fraction of sp³-hybridized carbons (Fsp3) is 0.600. The number of rotatable bonds is 2. The summed E-state index contributed by atoms with van der Waals surface area (Å²) in [5, 5.41) is 3.13. The Labute approximate surface area is 173 Å². The van der Waals surface area contributed by atoms with Crippen LogP contribution in [-0.2, 0) is 9.59 Å². The van der Waals surface area contributed by atoms with E-state index in [2.05, 4.69) is 11.4 Å². The van der Waals surface area contributed by atoms with E-state index in [4.69, 9.17) is 0 Å². The minimum atomic E-state index is -0.258. The Hall–Kier alpha value is -2.10. The number of benzene rings is 1. The normalized spacial score (nSPS) is 32.6. The van der Waals surface area contributed by atoms with Crippen LogP contribution in [0.3, 0.4) is 0 Å². The molecule has 4 aliphatic rings. The highest BCUT2D eigenvalue weighted by molar-refractivity contribution is 6.01. The molecule has 1 aromatic carbocycles. The molecule has 0 saturated heterocycles. The van der Waals surface area contributed by atoms with Gasteiger partial charge in [0.05, 0.1) is 11.3 Å². The third-order valence-corrected chi connectivity index (χ3v) is 7.63. The second-order valence-corrected chi connectivity index (χ2v) is 10.7. The van der Waals surface area contributed by atoms with Gasteiger partial charge in [-0.2, -0.15) is 0 Å². The van der Waals surface area contributed by atoms with Crippen molar-refractivity contribution in [3.8, 4) is 0 Å². The van der Waals surface area contributed by atoms with Crippen molar-refractivity contribution in [2.45, 2.75) is 70.8 Å². The average molecular weight is 393 g/mol. The second-order valence-electron chi connectivity index (χ2n) is 10.7. The van der Waals surface area contributed by atoms with Crippen molar-refractivity contribution in [1.82, 2.24) is 5.32 Å². The van der Waals surface area contributed by atoms with E-state index < -0.39 is 0 Å². The molecular weight excluding hydrogens is 360 g/mol. The Morgan fingerprint density at radius 2 is 1.93 bits per heavy atom. The van der Waals surface area contributed by atoms with Crippen LogP contribution in [-0.4, -0.2) is 23.9 Å². The molecule has 2 amide bonds. The van der Waals surface area contributed by atoms with Crippen LogP contribution in [0, 0.1) is 17.3 Å². The van der Waals surface area contributed by atoms with Gasteiger partial charge in [-0.1, -0.05) is 29.8 Å². The van der Waals surface area contributed by atoms with Crippen molar-refractivity contribution < 1.29 is 9.59 Å². The molecule has 2 bridgehead atoms. The molecule has 0 aromatic heterocycles. The fourth-order valence-corrected chi connectivity index (χ4v) is 6.39. The van der Waals surface area contributed by atoms with Gasteiger partial charge in [0.1, 0.15) is 0 Å². The summed E-state index contributed by atoms with van der Waals surface area (Å²) in [5.74, 6) is 1.53. The number of carbonyl (C=O) groups is 2. The largest absolute Gasteiger partial charge is 0.351 e. The number of anilines is 1. The van der Waals surface area contributed by atoms with Crippen LogP contribution in [0.25, 0.3) is 0 Å². The highest BCUT2D eigenvalue weighted by Gasteiger charge is 2.56. The number of carbonyl (C=O) groups excluding carboxylic acids is 2. The molecular formula is C25H32N2O2. The predicted octanol–water partition coefficient (Wildman–Crippen LogP) is 4.56. The SMILES string of the molecule is CC(C)(C)NC(=O)C1CCN(C(=O)C23CC=C4CCC(C2)C4C3)c2ccccc21. The quantitative estimate of drug-likeness (QED) is 0.750. The first-order valence-corrected chi connectivity index (χ1v) is 11.2. The van der Waals surface area contributed by atoms with Crippen molar-refractivity contribution in [2.24, 2.45) is 17.3 Å². The van der Waals surface area contributed by atoms with Crippen LogP contribution in [0.4, 0.5) is 5.69 Å². The zero-order valence-electron chi connectivity index (χ0n) is 17.8. The van der Waals surface area contributed by atoms with Crippen LogP contribution in [0.1, 0.15) is 70.8 Å². The molecule has 4 heteroatoms. The third kappa shape index (κ3) is 3.03. The van der Waals surface area contributed by atoms with Gasteiger partial charge in [-0.15, -0.1) is 0 Å². The molecule has 29 heavy (non-hydrogen) atoms. The van der Waals surface area contributed by atoms with E-state index in [0.29, 0.717) is 30.7 Å². The minimum Gasteiger partial charge on any atom is -0.351 e. The Bertz CT molecular complexity index is 896. The summed E-state index contributed by atoms with van der Waals surface area (Å²) in [4.78, 5) is 28.8. The molecule has 5 rings (SSSR count). The molecule has 1 aromatic rings. The zero-order chi connectivity index (χ0) is 20.4. The molecule has 4 nitrogen and oxygen atoms in total. The number of nitrogens with zero attached hydrogens (tertiary/aromatic N) is 1. The Morgan fingerprint density at radius 1 is 1.14 bits per heavy atom. The van der Waals surface area contributed by atoms with Crippen molar-refractivity contribution in [2.75, 3.05) is 11.4 Å². The highest BCUT2D eigenvalue weighted by Crippen LogP contribution is 2.61. The average Bonchev–Trinajstić information content (AvgIpc) is 3.18. The molecule has 2 fully saturated rings. The predicted molar refractivity (Wildman–Crippen MR) is 115 cm³/mol. The molecule has 1 heterocycles. The number of nitrogens with one attached hydrogen (secondary N) is 1. The van der Waals surface area contributed by atoms with Gasteiger partial charge in [-0.05, 0) is 82.8 Å². The Kier molecular flexibility index (Phi) is 4.20. The minimum absolute atomic E-state index is 0.0656. The second kappa shape index (κ2) is 6.45. The first-order valence-electron chi connectivity index (χ1n) is 11.2. The van der Waals surface area contributed by atoms with Crippen LogP contribution < -0.4 is 10.2 Å². The highest BCUT2D eigenvalue weighted by atomic mass is 16.2. The maximum atomic E-state index is 13.9.